The van der Waals surface area contributed by atoms with Crippen LogP contribution in [0, 0.1) is 5.41 Å². The molecule has 0 spiro atoms. The van der Waals surface area contributed by atoms with Crippen molar-refractivity contribution in [1.29, 1.82) is 0 Å². The number of carboxylic acids is 1. The highest BCUT2D eigenvalue weighted by Gasteiger charge is 2.36. The second-order valence-electron chi connectivity index (χ2n) is 4.19. The lowest BCUT2D eigenvalue weighted by Crippen LogP contribution is -2.32. The van der Waals surface area contributed by atoms with Gasteiger partial charge in [-0.2, -0.15) is 0 Å². The fourth-order valence-corrected chi connectivity index (χ4v) is 1.20. The van der Waals surface area contributed by atoms with Crippen molar-refractivity contribution in [1.82, 2.24) is 5.32 Å². The van der Waals surface area contributed by atoms with E-state index in [-0.39, 0.29) is 6.42 Å². The van der Waals surface area contributed by atoms with Crippen molar-refractivity contribution in [2.75, 3.05) is 13.1 Å². The Hall–Kier alpha value is -0.610. The Kier molecular flexibility index (Phi) is 3.27. The normalized spacial score (nSPS) is 21.1. The van der Waals surface area contributed by atoms with Gasteiger partial charge in [0.15, 0.2) is 0 Å². The topological polar surface area (TPSA) is 69.6 Å². The average Bonchev–Trinajstić information content (AvgIpc) is 2.66. The molecular formula is C9H17NO3. The molecule has 1 fully saturated rings. The minimum atomic E-state index is -0.952. The number of hydrogen-bond acceptors (Lipinski definition) is 3. The van der Waals surface area contributed by atoms with E-state index >= 15 is 0 Å². The summed E-state index contributed by atoms with van der Waals surface area (Å²) < 4.78 is 0. The third-order valence-electron chi connectivity index (χ3n) is 2.45. The lowest BCUT2D eigenvalue weighted by atomic mass is 10.1. The molecule has 0 heterocycles. The Bertz CT molecular complexity index is 189. The Balaban J connectivity index is 2.01. The van der Waals surface area contributed by atoms with Crippen LogP contribution in [0.3, 0.4) is 0 Å². The van der Waals surface area contributed by atoms with Crippen molar-refractivity contribution in [2.24, 2.45) is 5.41 Å². The second-order valence-corrected chi connectivity index (χ2v) is 4.19. The Morgan fingerprint density at radius 3 is 2.69 bits per heavy atom. The lowest BCUT2D eigenvalue weighted by molar-refractivity contribution is -0.139. The zero-order valence-electron chi connectivity index (χ0n) is 7.92. The molecule has 3 N–H and O–H groups in total. The minimum Gasteiger partial charge on any atom is -0.481 e. The number of aliphatic carboxylic acids is 1. The van der Waals surface area contributed by atoms with Crippen molar-refractivity contribution >= 4 is 5.97 Å². The molecule has 1 unspecified atom stereocenters. The maximum Gasteiger partial charge on any atom is 0.306 e. The molecule has 0 aliphatic heterocycles. The molecule has 1 atom stereocenters. The van der Waals surface area contributed by atoms with Gasteiger partial charge < -0.3 is 15.5 Å². The van der Waals surface area contributed by atoms with Crippen LogP contribution in [-0.2, 0) is 4.79 Å². The van der Waals surface area contributed by atoms with Crippen molar-refractivity contribution < 1.29 is 15.0 Å². The highest BCUT2D eigenvalue weighted by molar-refractivity contribution is 5.67. The molecule has 1 rings (SSSR count). The molecule has 0 aromatic heterocycles. The van der Waals surface area contributed by atoms with E-state index in [1.807, 2.05) is 0 Å². The van der Waals surface area contributed by atoms with E-state index in [9.17, 15) is 9.90 Å². The van der Waals surface area contributed by atoms with E-state index in [1.54, 1.807) is 0 Å². The fourth-order valence-electron chi connectivity index (χ4n) is 1.20. The summed E-state index contributed by atoms with van der Waals surface area (Å²) in [6, 6.07) is 0. The molecule has 0 saturated heterocycles. The van der Waals surface area contributed by atoms with E-state index in [4.69, 9.17) is 5.11 Å². The van der Waals surface area contributed by atoms with Crippen molar-refractivity contribution in [3.63, 3.8) is 0 Å². The maximum absolute atomic E-state index is 10.2. The molecule has 0 aromatic carbocycles. The summed E-state index contributed by atoms with van der Waals surface area (Å²) in [7, 11) is 0. The number of aliphatic hydroxyl groups excluding tert-OH is 1. The van der Waals surface area contributed by atoms with E-state index in [0.29, 0.717) is 12.0 Å². The zero-order valence-corrected chi connectivity index (χ0v) is 7.92. The van der Waals surface area contributed by atoms with Gasteiger partial charge in [-0.25, -0.2) is 0 Å². The summed E-state index contributed by atoms with van der Waals surface area (Å²) in [5.41, 5.74) is 0.406. The molecule has 4 nitrogen and oxygen atoms in total. The number of aliphatic hydroxyl groups is 1. The smallest absolute Gasteiger partial charge is 0.306 e. The van der Waals surface area contributed by atoms with Crippen LogP contribution in [0.25, 0.3) is 0 Å². The number of carbonyl (C=O) groups is 1. The van der Waals surface area contributed by atoms with Crippen LogP contribution in [0.4, 0.5) is 0 Å². The van der Waals surface area contributed by atoms with Crippen LogP contribution >= 0.6 is 0 Å². The lowest BCUT2D eigenvalue weighted by Gasteiger charge is -2.12. The van der Waals surface area contributed by atoms with Gasteiger partial charge in [-0.15, -0.1) is 0 Å². The number of rotatable bonds is 6. The highest BCUT2D eigenvalue weighted by atomic mass is 16.4. The van der Waals surface area contributed by atoms with Crippen molar-refractivity contribution in [3.05, 3.63) is 0 Å². The summed E-state index contributed by atoms with van der Waals surface area (Å²) >= 11 is 0. The molecule has 0 bridgehead atoms. The Morgan fingerprint density at radius 1 is 1.62 bits per heavy atom. The maximum atomic E-state index is 10.2. The minimum absolute atomic E-state index is 0.177. The van der Waals surface area contributed by atoms with E-state index in [1.165, 1.54) is 12.8 Å². The van der Waals surface area contributed by atoms with Crippen LogP contribution in [0.15, 0.2) is 0 Å². The van der Waals surface area contributed by atoms with Crippen LogP contribution in [0.1, 0.15) is 26.2 Å². The molecule has 0 amide bonds. The Morgan fingerprint density at radius 2 is 2.23 bits per heavy atom. The van der Waals surface area contributed by atoms with Gasteiger partial charge >= 0.3 is 5.97 Å². The van der Waals surface area contributed by atoms with Gasteiger partial charge in [0.2, 0.25) is 0 Å². The van der Waals surface area contributed by atoms with E-state index < -0.39 is 12.1 Å². The first-order chi connectivity index (χ1) is 6.02. The SMILES string of the molecule is CC1(CNCC(O)CC(=O)O)CC1. The number of hydrogen-bond donors (Lipinski definition) is 3. The van der Waals surface area contributed by atoms with Crippen LogP contribution in [-0.4, -0.2) is 35.4 Å². The van der Waals surface area contributed by atoms with Gasteiger partial charge in [-0.3, -0.25) is 4.79 Å². The van der Waals surface area contributed by atoms with Gasteiger partial charge in [0.25, 0.3) is 0 Å². The number of carboxylic acid groups (broad SMARTS) is 1. The molecule has 13 heavy (non-hydrogen) atoms. The Labute approximate surface area is 78.0 Å². The molecule has 76 valence electrons. The molecule has 1 aliphatic carbocycles. The first-order valence-electron chi connectivity index (χ1n) is 4.62. The van der Waals surface area contributed by atoms with Gasteiger partial charge in [0.1, 0.15) is 0 Å². The fraction of sp³-hybridized carbons (Fsp3) is 0.889. The predicted octanol–water partition coefficient (Wildman–Crippen LogP) is 0.212. The molecular weight excluding hydrogens is 170 g/mol. The van der Waals surface area contributed by atoms with E-state index in [0.717, 1.165) is 6.54 Å². The molecule has 4 heteroatoms. The molecule has 1 saturated carbocycles. The van der Waals surface area contributed by atoms with Crippen LogP contribution < -0.4 is 5.32 Å². The summed E-state index contributed by atoms with van der Waals surface area (Å²) in [5.74, 6) is -0.952. The molecule has 1 aliphatic rings. The number of nitrogens with one attached hydrogen (secondary N) is 1. The molecule has 0 radical (unpaired) electrons. The van der Waals surface area contributed by atoms with Crippen molar-refractivity contribution in [3.8, 4) is 0 Å². The first kappa shape index (κ1) is 10.5. The quantitative estimate of drug-likeness (QED) is 0.556. The summed E-state index contributed by atoms with van der Waals surface area (Å²) in [6.45, 7) is 3.44. The predicted molar refractivity (Wildman–Crippen MR) is 48.5 cm³/mol. The standard InChI is InChI=1S/C9H17NO3/c1-9(2-3-9)6-10-5-7(11)4-8(12)13/h7,10-11H,2-6H2,1H3,(H,12,13). The van der Waals surface area contributed by atoms with Crippen LogP contribution in [0.5, 0.6) is 0 Å². The summed E-state index contributed by atoms with van der Waals surface area (Å²) in [5, 5.41) is 20.6. The third kappa shape index (κ3) is 4.24. The summed E-state index contributed by atoms with van der Waals surface area (Å²) in [6.07, 6.45) is 1.52. The third-order valence-corrected chi connectivity index (χ3v) is 2.45. The molecule has 0 aromatic rings. The van der Waals surface area contributed by atoms with Crippen molar-refractivity contribution in [2.45, 2.75) is 32.3 Å². The zero-order chi connectivity index (χ0) is 9.90. The van der Waals surface area contributed by atoms with Crippen LogP contribution in [0.2, 0.25) is 0 Å². The van der Waals surface area contributed by atoms with Gasteiger partial charge in [-0.1, -0.05) is 6.92 Å². The average molecular weight is 187 g/mol. The monoisotopic (exact) mass is 187 g/mol. The van der Waals surface area contributed by atoms with Gasteiger partial charge in [0.05, 0.1) is 12.5 Å². The van der Waals surface area contributed by atoms with Gasteiger partial charge in [-0.05, 0) is 18.3 Å². The highest BCUT2D eigenvalue weighted by Crippen LogP contribution is 2.43. The second kappa shape index (κ2) is 4.07. The first-order valence-corrected chi connectivity index (χ1v) is 4.62. The largest absolute Gasteiger partial charge is 0.481 e. The van der Waals surface area contributed by atoms with E-state index in [2.05, 4.69) is 12.2 Å². The summed E-state index contributed by atoms with van der Waals surface area (Å²) in [4.78, 5) is 10.2. The van der Waals surface area contributed by atoms with Gasteiger partial charge in [0, 0.05) is 13.1 Å².